The SMILES string of the molecule is Cn1cccc1-c1noc(CNC(=O)OC(C)(C)C)n1. The fraction of sp³-hybridized carbons (Fsp3) is 0.462. The highest BCUT2D eigenvalue weighted by molar-refractivity contribution is 5.67. The lowest BCUT2D eigenvalue weighted by Crippen LogP contribution is -2.32. The van der Waals surface area contributed by atoms with Gasteiger partial charge in [0, 0.05) is 13.2 Å². The number of nitrogens with zero attached hydrogens (tertiary/aromatic N) is 3. The summed E-state index contributed by atoms with van der Waals surface area (Å²) >= 11 is 0. The lowest BCUT2D eigenvalue weighted by Gasteiger charge is -2.19. The van der Waals surface area contributed by atoms with Crippen LogP contribution in [0.15, 0.2) is 22.9 Å². The molecule has 0 fully saturated rings. The summed E-state index contributed by atoms with van der Waals surface area (Å²) in [6.07, 6.45) is 1.38. The number of nitrogens with one attached hydrogen (secondary N) is 1. The van der Waals surface area contributed by atoms with E-state index in [1.807, 2.05) is 29.9 Å². The molecule has 7 heteroatoms. The van der Waals surface area contributed by atoms with Crippen LogP contribution < -0.4 is 5.32 Å². The van der Waals surface area contributed by atoms with Crippen LogP contribution in [0.5, 0.6) is 0 Å². The molecule has 0 aromatic carbocycles. The molecule has 0 bridgehead atoms. The zero-order valence-electron chi connectivity index (χ0n) is 12.0. The zero-order chi connectivity index (χ0) is 14.8. The minimum Gasteiger partial charge on any atom is -0.444 e. The normalized spacial score (nSPS) is 11.4. The number of carbonyl (C=O) groups excluding carboxylic acids is 1. The van der Waals surface area contributed by atoms with Crippen LogP contribution in [-0.4, -0.2) is 26.4 Å². The van der Waals surface area contributed by atoms with Crippen LogP contribution in [0.1, 0.15) is 26.7 Å². The summed E-state index contributed by atoms with van der Waals surface area (Å²) < 4.78 is 12.1. The number of amides is 1. The van der Waals surface area contributed by atoms with Gasteiger partial charge in [0.1, 0.15) is 12.1 Å². The van der Waals surface area contributed by atoms with Crippen molar-refractivity contribution >= 4 is 6.09 Å². The highest BCUT2D eigenvalue weighted by Crippen LogP contribution is 2.15. The number of ether oxygens (including phenoxy) is 1. The molecule has 108 valence electrons. The van der Waals surface area contributed by atoms with Crippen molar-refractivity contribution in [3.63, 3.8) is 0 Å². The summed E-state index contributed by atoms with van der Waals surface area (Å²) in [4.78, 5) is 15.7. The first-order valence-corrected chi connectivity index (χ1v) is 6.26. The van der Waals surface area contributed by atoms with Gasteiger partial charge in [0.05, 0.1) is 5.69 Å². The average molecular weight is 278 g/mol. The lowest BCUT2D eigenvalue weighted by atomic mass is 10.2. The number of aryl methyl sites for hydroxylation is 1. The number of alkyl carbamates (subject to hydrolysis) is 1. The molecule has 0 atom stereocenters. The third-order valence-corrected chi connectivity index (χ3v) is 2.42. The molecule has 2 aromatic heterocycles. The Morgan fingerprint density at radius 1 is 1.50 bits per heavy atom. The van der Waals surface area contributed by atoms with Crippen molar-refractivity contribution in [1.29, 1.82) is 0 Å². The number of hydrogen-bond donors (Lipinski definition) is 1. The molecule has 0 saturated carbocycles. The van der Waals surface area contributed by atoms with Crippen LogP contribution in [0.2, 0.25) is 0 Å². The molecule has 7 nitrogen and oxygen atoms in total. The first-order valence-electron chi connectivity index (χ1n) is 6.26. The summed E-state index contributed by atoms with van der Waals surface area (Å²) in [5.41, 5.74) is 0.310. The third kappa shape index (κ3) is 3.59. The molecule has 1 amide bonds. The highest BCUT2D eigenvalue weighted by Gasteiger charge is 2.17. The molecule has 0 radical (unpaired) electrons. The van der Waals surface area contributed by atoms with Gasteiger partial charge < -0.3 is 19.1 Å². The van der Waals surface area contributed by atoms with E-state index >= 15 is 0 Å². The van der Waals surface area contributed by atoms with E-state index in [1.165, 1.54) is 0 Å². The van der Waals surface area contributed by atoms with Crippen molar-refractivity contribution in [1.82, 2.24) is 20.0 Å². The van der Waals surface area contributed by atoms with Gasteiger partial charge in [-0.2, -0.15) is 4.98 Å². The monoisotopic (exact) mass is 278 g/mol. The second-order valence-electron chi connectivity index (χ2n) is 5.37. The maximum absolute atomic E-state index is 11.5. The standard InChI is InChI=1S/C13H18N4O3/c1-13(2,3)19-12(18)14-8-10-15-11(16-20-10)9-6-5-7-17(9)4/h5-7H,8H2,1-4H3,(H,14,18). The van der Waals surface area contributed by atoms with Gasteiger partial charge in [0.25, 0.3) is 0 Å². The van der Waals surface area contributed by atoms with E-state index in [-0.39, 0.29) is 6.54 Å². The topological polar surface area (TPSA) is 82.2 Å². The number of hydrogen-bond acceptors (Lipinski definition) is 5. The molecule has 0 aliphatic carbocycles. The van der Waals surface area contributed by atoms with Gasteiger partial charge in [-0.25, -0.2) is 4.79 Å². The molecule has 0 spiro atoms. The van der Waals surface area contributed by atoms with Crippen LogP contribution in [0, 0.1) is 0 Å². The van der Waals surface area contributed by atoms with E-state index in [0.29, 0.717) is 11.7 Å². The van der Waals surface area contributed by atoms with Crippen molar-refractivity contribution in [3.8, 4) is 11.5 Å². The molecular formula is C13H18N4O3. The fourth-order valence-corrected chi connectivity index (χ4v) is 1.59. The van der Waals surface area contributed by atoms with Gasteiger partial charge in [0.2, 0.25) is 11.7 Å². The second kappa shape index (κ2) is 5.36. The van der Waals surface area contributed by atoms with Gasteiger partial charge >= 0.3 is 6.09 Å². The van der Waals surface area contributed by atoms with Crippen molar-refractivity contribution in [2.45, 2.75) is 32.9 Å². The van der Waals surface area contributed by atoms with Crippen LogP contribution in [0.3, 0.4) is 0 Å². The number of aromatic nitrogens is 3. The van der Waals surface area contributed by atoms with E-state index in [2.05, 4.69) is 15.5 Å². The maximum atomic E-state index is 11.5. The Bertz CT molecular complexity index is 595. The Labute approximate surface area is 116 Å². The molecule has 1 N–H and O–H groups in total. The summed E-state index contributed by atoms with van der Waals surface area (Å²) in [6.45, 7) is 5.53. The van der Waals surface area contributed by atoms with E-state index in [1.54, 1.807) is 20.8 Å². The summed E-state index contributed by atoms with van der Waals surface area (Å²) in [5.74, 6) is 0.811. The predicted molar refractivity (Wildman–Crippen MR) is 71.8 cm³/mol. The molecule has 0 aliphatic rings. The molecular weight excluding hydrogens is 260 g/mol. The second-order valence-corrected chi connectivity index (χ2v) is 5.37. The lowest BCUT2D eigenvalue weighted by molar-refractivity contribution is 0.0518. The third-order valence-electron chi connectivity index (χ3n) is 2.42. The molecule has 0 unspecified atom stereocenters. The van der Waals surface area contributed by atoms with Crippen molar-refractivity contribution < 1.29 is 14.1 Å². The Hall–Kier alpha value is -2.31. The quantitative estimate of drug-likeness (QED) is 0.929. The fourth-order valence-electron chi connectivity index (χ4n) is 1.59. The van der Waals surface area contributed by atoms with Gasteiger partial charge in [0.15, 0.2) is 0 Å². The Morgan fingerprint density at radius 2 is 2.25 bits per heavy atom. The van der Waals surface area contributed by atoms with Gasteiger partial charge in [-0.3, -0.25) is 0 Å². The van der Waals surface area contributed by atoms with E-state index < -0.39 is 11.7 Å². The van der Waals surface area contributed by atoms with Crippen LogP contribution in [-0.2, 0) is 18.3 Å². The minimum atomic E-state index is -0.535. The van der Waals surface area contributed by atoms with E-state index in [0.717, 1.165) is 5.69 Å². The Balaban J connectivity index is 1.94. The van der Waals surface area contributed by atoms with E-state index in [9.17, 15) is 4.79 Å². The Kier molecular flexibility index (Phi) is 3.78. The molecule has 20 heavy (non-hydrogen) atoms. The van der Waals surface area contributed by atoms with Crippen molar-refractivity contribution in [2.24, 2.45) is 7.05 Å². The molecule has 2 rings (SSSR count). The smallest absolute Gasteiger partial charge is 0.408 e. The zero-order valence-corrected chi connectivity index (χ0v) is 12.0. The minimum absolute atomic E-state index is 0.131. The maximum Gasteiger partial charge on any atom is 0.408 e. The van der Waals surface area contributed by atoms with Crippen LogP contribution in [0.4, 0.5) is 4.79 Å². The first kappa shape index (κ1) is 14.1. The van der Waals surface area contributed by atoms with E-state index in [4.69, 9.17) is 9.26 Å². The summed E-state index contributed by atoms with van der Waals surface area (Å²) in [6, 6.07) is 3.78. The van der Waals surface area contributed by atoms with Gasteiger partial charge in [-0.1, -0.05) is 5.16 Å². The first-order chi connectivity index (χ1) is 9.35. The molecule has 0 aliphatic heterocycles. The number of carbonyl (C=O) groups is 1. The average Bonchev–Trinajstić information content (AvgIpc) is 2.92. The molecule has 0 saturated heterocycles. The van der Waals surface area contributed by atoms with Crippen molar-refractivity contribution in [2.75, 3.05) is 0 Å². The highest BCUT2D eigenvalue weighted by atomic mass is 16.6. The van der Waals surface area contributed by atoms with Gasteiger partial charge in [-0.15, -0.1) is 0 Å². The summed E-state index contributed by atoms with van der Waals surface area (Å²) in [7, 11) is 1.89. The predicted octanol–water partition coefficient (Wildman–Crippen LogP) is 2.10. The van der Waals surface area contributed by atoms with Crippen molar-refractivity contribution in [3.05, 3.63) is 24.2 Å². The van der Waals surface area contributed by atoms with Crippen LogP contribution in [0.25, 0.3) is 11.5 Å². The molecule has 2 heterocycles. The summed E-state index contributed by atoms with van der Waals surface area (Å²) in [5, 5.41) is 6.44. The van der Waals surface area contributed by atoms with Crippen LogP contribution >= 0.6 is 0 Å². The Morgan fingerprint density at radius 3 is 2.85 bits per heavy atom. The largest absolute Gasteiger partial charge is 0.444 e. The number of rotatable bonds is 3. The van der Waals surface area contributed by atoms with Gasteiger partial charge in [-0.05, 0) is 32.9 Å². The molecule has 2 aromatic rings.